The van der Waals surface area contributed by atoms with Crippen LogP contribution >= 0.6 is 11.6 Å². The Kier molecular flexibility index (Phi) is 10.4. The molecule has 8 heteroatoms. The van der Waals surface area contributed by atoms with Crippen molar-refractivity contribution in [2.24, 2.45) is 5.73 Å². The summed E-state index contributed by atoms with van der Waals surface area (Å²) in [6.45, 7) is 1.90. The van der Waals surface area contributed by atoms with E-state index >= 15 is 0 Å². The van der Waals surface area contributed by atoms with Crippen molar-refractivity contribution < 1.29 is 24.1 Å². The second kappa shape index (κ2) is 14.4. The summed E-state index contributed by atoms with van der Waals surface area (Å²) in [6.07, 6.45) is 0.294. The predicted octanol–water partition coefficient (Wildman–Crippen LogP) is 6.52. The first-order valence-electron chi connectivity index (χ1n) is 13.0. The summed E-state index contributed by atoms with van der Waals surface area (Å²) in [6, 6.07) is 29.7. The zero-order chi connectivity index (χ0) is 28.3. The number of para-hydroxylation sites is 2. The molecule has 208 valence electrons. The number of carbonyl (C=O) groups is 1. The maximum Gasteiger partial charge on any atom is 0.320 e. The topological polar surface area (TPSA) is 94.2 Å². The fraction of sp³-hybridized carbons (Fsp3) is 0.219. The van der Waals surface area contributed by atoms with E-state index in [9.17, 15) is 9.90 Å². The molecule has 4 aromatic carbocycles. The van der Waals surface area contributed by atoms with Crippen molar-refractivity contribution in [1.82, 2.24) is 4.90 Å². The van der Waals surface area contributed by atoms with Crippen LogP contribution < -0.4 is 19.9 Å². The molecule has 0 aliphatic carbocycles. The van der Waals surface area contributed by atoms with Gasteiger partial charge in [-0.3, -0.25) is 9.69 Å². The van der Waals surface area contributed by atoms with Crippen LogP contribution in [0.25, 0.3) is 0 Å². The van der Waals surface area contributed by atoms with Crippen LogP contribution in [0.1, 0.15) is 23.1 Å². The molecule has 0 bridgehead atoms. The predicted molar refractivity (Wildman–Crippen MR) is 156 cm³/mol. The van der Waals surface area contributed by atoms with Crippen molar-refractivity contribution >= 4 is 17.6 Å². The molecule has 3 N–H and O–H groups in total. The fourth-order valence-electron chi connectivity index (χ4n) is 4.18. The number of carboxylic acid groups (broad SMARTS) is 1. The van der Waals surface area contributed by atoms with Gasteiger partial charge in [-0.1, -0.05) is 66.2 Å². The number of ether oxygens (including phenoxy) is 3. The minimum Gasteiger partial charge on any atom is -0.497 e. The average Bonchev–Trinajstić information content (AvgIpc) is 2.97. The zero-order valence-corrected chi connectivity index (χ0v) is 23.1. The van der Waals surface area contributed by atoms with Crippen LogP contribution in [0.4, 0.5) is 0 Å². The van der Waals surface area contributed by atoms with Crippen LogP contribution in [0.3, 0.4) is 0 Å². The third-order valence-corrected chi connectivity index (χ3v) is 6.64. The van der Waals surface area contributed by atoms with Crippen LogP contribution in [-0.4, -0.2) is 35.7 Å². The van der Waals surface area contributed by atoms with Crippen LogP contribution in [0.15, 0.2) is 97.1 Å². The minimum atomic E-state index is -1.02. The first-order chi connectivity index (χ1) is 19.4. The molecular weight excluding hydrogens is 528 g/mol. The van der Waals surface area contributed by atoms with Gasteiger partial charge in [-0.2, -0.15) is 0 Å². The molecule has 1 unspecified atom stereocenters. The normalized spacial score (nSPS) is 11.7. The zero-order valence-electron chi connectivity index (χ0n) is 22.3. The summed E-state index contributed by atoms with van der Waals surface area (Å²) in [5, 5.41) is 10.0. The summed E-state index contributed by atoms with van der Waals surface area (Å²) < 4.78 is 17.7. The van der Waals surface area contributed by atoms with Gasteiger partial charge in [0.25, 0.3) is 0 Å². The standard InChI is InChI=1S/C32H33ClN2O5/c1-38-27-9-6-10-28(19-27)40-31-12-5-3-8-25(31)21-35(18-17-29(34)32(36)37)20-24-7-2-4-11-30(24)39-22-23-13-15-26(33)16-14-23/h2-16,19,29H,17-18,20-22,34H2,1H3,(H,36,37). The molecule has 0 aliphatic heterocycles. The molecule has 0 radical (unpaired) electrons. The van der Waals surface area contributed by atoms with Crippen molar-refractivity contribution in [3.8, 4) is 23.0 Å². The lowest BCUT2D eigenvalue weighted by molar-refractivity contribution is -0.138. The van der Waals surface area contributed by atoms with E-state index in [0.717, 1.165) is 22.4 Å². The van der Waals surface area contributed by atoms with Crippen molar-refractivity contribution in [3.05, 3.63) is 119 Å². The molecule has 0 aliphatic rings. The van der Waals surface area contributed by atoms with E-state index in [-0.39, 0.29) is 0 Å². The quantitative estimate of drug-likeness (QED) is 0.181. The molecule has 0 heterocycles. The van der Waals surface area contributed by atoms with E-state index in [2.05, 4.69) is 4.90 Å². The highest BCUT2D eigenvalue weighted by molar-refractivity contribution is 6.30. The van der Waals surface area contributed by atoms with E-state index in [1.807, 2.05) is 97.1 Å². The summed E-state index contributed by atoms with van der Waals surface area (Å²) in [5.41, 5.74) is 8.80. The highest BCUT2D eigenvalue weighted by Gasteiger charge is 2.18. The lowest BCUT2D eigenvalue weighted by Gasteiger charge is -2.25. The summed E-state index contributed by atoms with van der Waals surface area (Å²) in [5.74, 6) is 1.80. The molecular formula is C32H33ClN2O5. The second-order valence-corrected chi connectivity index (χ2v) is 9.79. The lowest BCUT2D eigenvalue weighted by atomic mass is 10.1. The molecule has 0 amide bonds. The molecule has 0 saturated heterocycles. The Labute approximate surface area is 239 Å². The van der Waals surface area contributed by atoms with Gasteiger partial charge in [0.15, 0.2) is 0 Å². The Morgan fingerprint density at radius 3 is 2.17 bits per heavy atom. The summed E-state index contributed by atoms with van der Waals surface area (Å²) >= 11 is 6.01. The number of aliphatic carboxylic acids is 1. The van der Waals surface area contributed by atoms with E-state index in [4.69, 9.17) is 31.5 Å². The van der Waals surface area contributed by atoms with E-state index in [1.54, 1.807) is 7.11 Å². The van der Waals surface area contributed by atoms with Gasteiger partial charge < -0.3 is 25.1 Å². The minimum absolute atomic E-state index is 0.294. The van der Waals surface area contributed by atoms with Crippen molar-refractivity contribution in [2.45, 2.75) is 32.2 Å². The van der Waals surface area contributed by atoms with Gasteiger partial charge in [0, 0.05) is 41.9 Å². The molecule has 0 aromatic heterocycles. The Morgan fingerprint density at radius 2 is 1.50 bits per heavy atom. The Hall–Kier alpha value is -4.04. The first-order valence-corrected chi connectivity index (χ1v) is 13.3. The van der Waals surface area contributed by atoms with Gasteiger partial charge in [-0.05, 0) is 48.4 Å². The van der Waals surface area contributed by atoms with Crippen LogP contribution in [0.5, 0.6) is 23.0 Å². The number of benzene rings is 4. The third kappa shape index (κ3) is 8.48. The second-order valence-electron chi connectivity index (χ2n) is 9.36. The molecule has 40 heavy (non-hydrogen) atoms. The number of hydrogen-bond acceptors (Lipinski definition) is 6. The fourth-order valence-corrected chi connectivity index (χ4v) is 4.31. The first kappa shape index (κ1) is 29.0. The number of methoxy groups -OCH3 is 1. The van der Waals surface area contributed by atoms with Crippen LogP contribution in [0.2, 0.25) is 5.02 Å². The highest BCUT2D eigenvalue weighted by Crippen LogP contribution is 2.30. The smallest absolute Gasteiger partial charge is 0.320 e. The van der Waals surface area contributed by atoms with Crippen LogP contribution in [-0.2, 0) is 24.5 Å². The number of nitrogens with zero attached hydrogens (tertiary/aromatic N) is 1. The number of nitrogens with two attached hydrogens (primary N) is 1. The number of halogens is 1. The summed E-state index contributed by atoms with van der Waals surface area (Å²) in [7, 11) is 1.61. The monoisotopic (exact) mass is 560 g/mol. The third-order valence-electron chi connectivity index (χ3n) is 6.38. The van der Waals surface area contributed by atoms with E-state index in [0.29, 0.717) is 54.9 Å². The van der Waals surface area contributed by atoms with E-state index < -0.39 is 12.0 Å². The van der Waals surface area contributed by atoms with Gasteiger partial charge in [-0.15, -0.1) is 0 Å². The lowest BCUT2D eigenvalue weighted by Crippen LogP contribution is -2.35. The molecule has 0 spiro atoms. The van der Waals surface area contributed by atoms with Gasteiger partial charge in [0.2, 0.25) is 0 Å². The molecule has 7 nitrogen and oxygen atoms in total. The molecule has 0 fully saturated rings. The van der Waals surface area contributed by atoms with Gasteiger partial charge in [-0.25, -0.2) is 0 Å². The SMILES string of the molecule is COc1cccc(Oc2ccccc2CN(CCC(N)C(=O)O)Cc2ccccc2OCc2ccc(Cl)cc2)c1. The highest BCUT2D eigenvalue weighted by atomic mass is 35.5. The average molecular weight is 561 g/mol. The Bertz CT molecular complexity index is 1400. The molecule has 4 rings (SSSR count). The van der Waals surface area contributed by atoms with Crippen molar-refractivity contribution in [3.63, 3.8) is 0 Å². The maximum absolute atomic E-state index is 11.4. The number of hydrogen-bond donors (Lipinski definition) is 2. The summed E-state index contributed by atoms with van der Waals surface area (Å²) in [4.78, 5) is 13.6. The van der Waals surface area contributed by atoms with Gasteiger partial charge >= 0.3 is 5.97 Å². The van der Waals surface area contributed by atoms with Gasteiger partial charge in [0.1, 0.15) is 35.6 Å². The number of rotatable bonds is 14. The Morgan fingerprint density at radius 1 is 0.875 bits per heavy atom. The van der Waals surface area contributed by atoms with Crippen molar-refractivity contribution in [2.75, 3.05) is 13.7 Å². The molecule has 0 saturated carbocycles. The molecule has 1 atom stereocenters. The van der Waals surface area contributed by atoms with Crippen molar-refractivity contribution in [1.29, 1.82) is 0 Å². The van der Waals surface area contributed by atoms with Crippen LogP contribution in [0, 0.1) is 0 Å². The van der Waals surface area contributed by atoms with E-state index in [1.165, 1.54) is 0 Å². The van der Waals surface area contributed by atoms with Gasteiger partial charge in [0.05, 0.1) is 7.11 Å². The largest absolute Gasteiger partial charge is 0.497 e. The Balaban J connectivity index is 1.54. The maximum atomic E-state index is 11.4. The molecule has 4 aromatic rings. The number of carboxylic acids is 1.